The Morgan fingerprint density at radius 1 is 1.33 bits per heavy atom. The first kappa shape index (κ1) is 9.72. The smallest absolute Gasteiger partial charge is 0.0927 e. The molecule has 2 heteroatoms. The average Bonchev–Trinajstić information content (AvgIpc) is 2.45. The van der Waals surface area contributed by atoms with E-state index in [1.807, 2.05) is 17.5 Å². The van der Waals surface area contributed by atoms with Crippen LogP contribution in [0.15, 0.2) is 6.20 Å². The molecule has 1 aromatic heterocycles. The monoisotopic (exact) mass is 183 g/mol. The zero-order chi connectivity index (χ0) is 8.81. The van der Waals surface area contributed by atoms with Crippen molar-refractivity contribution in [2.45, 2.75) is 46.0 Å². The van der Waals surface area contributed by atoms with Gasteiger partial charge in [0.25, 0.3) is 0 Å². The maximum atomic E-state index is 4.33. The van der Waals surface area contributed by atoms with E-state index in [1.54, 1.807) is 0 Å². The van der Waals surface area contributed by atoms with Crippen molar-refractivity contribution in [1.29, 1.82) is 0 Å². The van der Waals surface area contributed by atoms with E-state index in [-0.39, 0.29) is 0 Å². The van der Waals surface area contributed by atoms with Gasteiger partial charge in [0.05, 0.1) is 5.01 Å². The lowest BCUT2D eigenvalue weighted by molar-refractivity contribution is 0.665. The first-order valence-corrected chi connectivity index (χ1v) is 5.56. The summed E-state index contributed by atoms with van der Waals surface area (Å²) < 4.78 is 0. The molecule has 0 N–H and O–H groups in total. The number of aryl methyl sites for hydroxylation is 2. The maximum Gasteiger partial charge on any atom is 0.0927 e. The molecule has 1 heterocycles. The highest BCUT2D eigenvalue weighted by molar-refractivity contribution is 7.11. The fourth-order valence-electron chi connectivity index (χ4n) is 1.22. The van der Waals surface area contributed by atoms with Gasteiger partial charge in [0.15, 0.2) is 0 Å². The molecule has 0 saturated heterocycles. The predicted octanol–water partition coefficient (Wildman–Crippen LogP) is 3.57. The van der Waals surface area contributed by atoms with Gasteiger partial charge >= 0.3 is 0 Å². The Balaban J connectivity index is 2.15. The molecule has 0 atom stereocenters. The third-order valence-electron chi connectivity index (χ3n) is 1.91. The summed E-state index contributed by atoms with van der Waals surface area (Å²) in [6.45, 7) is 4.36. The zero-order valence-corrected chi connectivity index (χ0v) is 8.78. The third kappa shape index (κ3) is 3.35. The van der Waals surface area contributed by atoms with E-state index in [0.29, 0.717) is 0 Å². The van der Waals surface area contributed by atoms with Crippen molar-refractivity contribution in [2.75, 3.05) is 0 Å². The van der Waals surface area contributed by atoms with Crippen molar-refractivity contribution in [3.8, 4) is 0 Å². The topological polar surface area (TPSA) is 12.9 Å². The molecular weight excluding hydrogens is 166 g/mol. The molecule has 0 aliphatic heterocycles. The van der Waals surface area contributed by atoms with Crippen LogP contribution in [0, 0.1) is 6.92 Å². The molecular formula is C10H17NS. The van der Waals surface area contributed by atoms with E-state index >= 15 is 0 Å². The molecule has 1 rings (SSSR count). The first-order chi connectivity index (χ1) is 5.83. The van der Waals surface area contributed by atoms with E-state index in [4.69, 9.17) is 0 Å². The predicted molar refractivity (Wildman–Crippen MR) is 54.7 cm³/mol. The number of hydrogen-bond donors (Lipinski definition) is 0. The molecule has 0 spiro atoms. The second-order valence-electron chi connectivity index (χ2n) is 3.18. The van der Waals surface area contributed by atoms with Crippen molar-refractivity contribution in [3.63, 3.8) is 0 Å². The van der Waals surface area contributed by atoms with Gasteiger partial charge in [0.1, 0.15) is 0 Å². The van der Waals surface area contributed by atoms with Crippen molar-refractivity contribution in [3.05, 3.63) is 16.1 Å². The van der Waals surface area contributed by atoms with Gasteiger partial charge in [-0.3, -0.25) is 0 Å². The molecule has 0 aliphatic carbocycles. The number of nitrogens with zero attached hydrogens (tertiary/aromatic N) is 1. The van der Waals surface area contributed by atoms with Crippen molar-refractivity contribution < 1.29 is 0 Å². The summed E-state index contributed by atoms with van der Waals surface area (Å²) >= 11 is 1.83. The quantitative estimate of drug-likeness (QED) is 0.636. The zero-order valence-electron chi connectivity index (χ0n) is 7.97. The molecule has 0 saturated carbocycles. The highest BCUT2D eigenvalue weighted by Crippen LogP contribution is 2.14. The van der Waals surface area contributed by atoms with Crippen LogP contribution in [-0.4, -0.2) is 4.98 Å². The Bertz CT molecular complexity index is 217. The molecule has 1 aromatic rings. The van der Waals surface area contributed by atoms with Crippen LogP contribution in [0.5, 0.6) is 0 Å². The SMILES string of the molecule is CCCCCCc1ncc(C)s1. The minimum absolute atomic E-state index is 1.18. The van der Waals surface area contributed by atoms with Gasteiger partial charge in [0, 0.05) is 11.1 Å². The second kappa shape index (κ2) is 5.31. The van der Waals surface area contributed by atoms with Crippen LogP contribution < -0.4 is 0 Å². The molecule has 0 radical (unpaired) electrons. The molecule has 1 nitrogen and oxygen atoms in total. The Hall–Kier alpha value is -0.370. The lowest BCUT2D eigenvalue weighted by Crippen LogP contribution is -1.83. The highest BCUT2D eigenvalue weighted by atomic mass is 32.1. The van der Waals surface area contributed by atoms with Crippen molar-refractivity contribution >= 4 is 11.3 Å². The first-order valence-electron chi connectivity index (χ1n) is 4.74. The minimum atomic E-state index is 1.18. The van der Waals surface area contributed by atoms with Crippen LogP contribution >= 0.6 is 11.3 Å². The molecule has 0 aromatic carbocycles. The van der Waals surface area contributed by atoms with E-state index in [9.17, 15) is 0 Å². The molecule has 0 aliphatic rings. The fourth-order valence-corrected chi connectivity index (χ4v) is 2.05. The third-order valence-corrected chi connectivity index (χ3v) is 2.89. The summed E-state index contributed by atoms with van der Waals surface area (Å²) in [5.41, 5.74) is 0. The standard InChI is InChI=1S/C10H17NS/c1-3-4-5-6-7-10-11-8-9(2)12-10/h8H,3-7H2,1-2H3. The van der Waals surface area contributed by atoms with Crippen LogP contribution in [0.1, 0.15) is 42.5 Å². The van der Waals surface area contributed by atoms with Crippen molar-refractivity contribution in [1.82, 2.24) is 4.98 Å². The van der Waals surface area contributed by atoms with E-state index in [2.05, 4.69) is 18.8 Å². The second-order valence-corrected chi connectivity index (χ2v) is 4.49. The highest BCUT2D eigenvalue weighted by Gasteiger charge is 1.97. The van der Waals surface area contributed by atoms with Gasteiger partial charge in [-0.15, -0.1) is 11.3 Å². The molecule has 0 bridgehead atoms. The van der Waals surface area contributed by atoms with E-state index in [1.165, 1.54) is 42.0 Å². The molecule has 0 unspecified atom stereocenters. The van der Waals surface area contributed by atoms with Gasteiger partial charge in [0.2, 0.25) is 0 Å². The molecule has 0 fully saturated rings. The minimum Gasteiger partial charge on any atom is -0.249 e. The van der Waals surface area contributed by atoms with E-state index < -0.39 is 0 Å². The molecule has 68 valence electrons. The Labute approximate surface area is 78.8 Å². The van der Waals surface area contributed by atoms with Crippen LogP contribution in [0.25, 0.3) is 0 Å². The fraction of sp³-hybridized carbons (Fsp3) is 0.700. The van der Waals surface area contributed by atoms with Crippen LogP contribution in [0.2, 0.25) is 0 Å². The summed E-state index contributed by atoms with van der Waals surface area (Å²) in [5, 5.41) is 1.31. The largest absolute Gasteiger partial charge is 0.249 e. The number of rotatable bonds is 5. The maximum absolute atomic E-state index is 4.33. The Morgan fingerprint density at radius 3 is 2.75 bits per heavy atom. The number of thiazole rings is 1. The number of hydrogen-bond acceptors (Lipinski definition) is 2. The number of aromatic nitrogens is 1. The van der Waals surface area contributed by atoms with Crippen LogP contribution in [-0.2, 0) is 6.42 Å². The van der Waals surface area contributed by atoms with Gasteiger partial charge in [-0.05, 0) is 19.8 Å². The summed E-state index contributed by atoms with van der Waals surface area (Å²) in [6, 6.07) is 0. The molecule has 0 amide bonds. The average molecular weight is 183 g/mol. The summed E-state index contributed by atoms with van der Waals surface area (Å²) in [7, 11) is 0. The Morgan fingerprint density at radius 2 is 2.17 bits per heavy atom. The van der Waals surface area contributed by atoms with Gasteiger partial charge < -0.3 is 0 Å². The van der Waals surface area contributed by atoms with Crippen LogP contribution in [0.3, 0.4) is 0 Å². The van der Waals surface area contributed by atoms with Gasteiger partial charge in [-0.1, -0.05) is 26.2 Å². The van der Waals surface area contributed by atoms with E-state index in [0.717, 1.165) is 0 Å². The summed E-state index contributed by atoms with van der Waals surface area (Å²) in [5.74, 6) is 0. The normalized spacial score (nSPS) is 10.5. The Kier molecular flexibility index (Phi) is 4.30. The van der Waals surface area contributed by atoms with Gasteiger partial charge in [-0.2, -0.15) is 0 Å². The van der Waals surface area contributed by atoms with Crippen LogP contribution in [0.4, 0.5) is 0 Å². The van der Waals surface area contributed by atoms with Crippen molar-refractivity contribution in [2.24, 2.45) is 0 Å². The molecule has 12 heavy (non-hydrogen) atoms. The lowest BCUT2D eigenvalue weighted by atomic mass is 10.2. The summed E-state index contributed by atoms with van der Waals surface area (Å²) in [6.07, 6.45) is 8.50. The number of unbranched alkanes of at least 4 members (excludes halogenated alkanes) is 3. The van der Waals surface area contributed by atoms with Gasteiger partial charge in [-0.25, -0.2) is 4.98 Å². The summed E-state index contributed by atoms with van der Waals surface area (Å²) in [4.78, 5) is 5.67. The lowest BCUT2D eigenvalue weighted by Gasteiger charge is -1.95.